The number of piperidine rings is 1. The van der Waals surface area contributed by atoms with Gasteiger partial charge in [-0.1, -0.05) is 11.2 Å². The van der Waals surface area contributed by atoms with E-state index < -0.39 is 0 Å². The third kappa shape index (κ3) is 4.19. The van der Waals surface area contributed by atoms with Crippen LogP contribution >= 0.6 is 11.3 Å². The zero-order valence-corrected chi connectivity index (χ0v) is 14.3. The molecule has 2 aromatic heterocycles. The van der Waals surface area contributed by atoms with Crippen molar-refractivity contribution in [1.29, 1.82) is 0 Å². The number of nitrogens with zero attached hydrogens (tertiary/aromatic N) is 3. The standard InChI is InChI=1S/C16H20N4O3S/c1-11(21)20-6-2-4-12(10-20)16(22)17-9-15-18-14(19-23-15)8-13-5-3-7-24-13/h3,5,7,12H,2,4,6,8-10H2,1H3,(H,17,22). The zero-order chi connectivity index (χ0) is 16.9. The van der Waals surface area contributed by atoms with Crippen LogP contribution in [0.5, 0.6) is 0 Å². The molecule has 3 rings (SSSR count). The summed E-state index contributed by atoms with van der Waals surface area (Å²) < 4.78 is 5.17. The average Bonchev–Trinajstić information content (AvgIpc) is 3.25. The molecule has 1 aliphatic heterocycles. The highest BCUT2D eigenvalue weighted by molar-refractivity contribution is 7.09. The van der Waals surface area contributed by atoms with E-state index in [1.54, 1.807) is 16.2 Å². The molecular formula is C16H20N4O3S. The molecular weight excluding hydrogens is 328 g/mol. The number of likely N-dealkylation sites (tertiary alicyclic amines) is 1. The number of hydrogen-bond acceptors (Lipinski definition) is 6. The predicted molar refractivity (Wildman–Crippen MR) is 88.2 cm³/mol. The first kappa shape index (κ1) is 16.6. The van der Waals surface area contributed by atoms with E-state index in [1.165, 1.54) is 6.92 Å². The smallest absolute Gasteiger partial charge is 0.246 e. The van der Waals surface area contributed by atoms with Crippen molar-refractivity contribution < 1.29 is 14.1 Å². The molecule has 0 radical (unpaired) electrons. The lowest BCUT2D eigenvalue weighted by Crippen LogP contribution is -2.44. The fraction of sp³-hybridized carbons (Fsp3) is 0.500. The first-order valence-electron chi connectivity index (χ1n) is 7.99. The Kier molecular flexibility index (Phi) is 5.24. The summed E-state index contributed by atoms with van der Waals surface area (Å²) in [7, 11) is 0. The third-order valence-corrected chi connectivity index (χ3v) is 4.95. The van der Waals surface area contributed by atoms with Crippen LogP contribution in [-0.4, -0.2) is 39.9 Å². The minimum atomic E-state index is -0.170. The number of carbonyl (C=O) groups excluding carboxylic acids is 2. The SMILES string of the molecule is CC(=O)N1CCCC(C(=O)NCc2nc(Cc3cccs3)no2)C1. The molecule has 2 amide bonds. The lowest BCUT2D eigenvalue weighted by molar-refractivity contribution is -0.134. The van der Waals surface area contributed by atoms with Crippen molar-refractivity contribution in [2.75, 3.05) is 13.1 Å². The van der Waals surface area contributed by atoms with Crippen molar-refractivity contribution in [1.82, 2.24) is 20.4 Å². The quantitative estimate of drug-likeness (QED) is 0.886. The van der Waals surface area contributed by atoms with Crippen molar-refractivity contribution in [3.8, 4) is 0 Å². The fourth-order valence-corrected chi connectivity index (χ4v) is 3.49. The number of nitrogens with one attached hydrogen (secondary N) is 1. The maximum absolute atomic E-state index is 12.3. The molecule has 128 valence electrons. The molecule has 1 saturated heterocycles. The Balaban J connectivity index is 1.49. The van der Waals surface area contributed by atoms with Crippen LogP contribution in [0.1, 0.15) is 36.4 Å². The van der Waals surface area contributed by atoms with E-state index in [-0.39, 0.29) is 24.3 Å². The molecule has 2 aromatic rings. The molecule has 0 spiro atoms. The van der Waals surface area contributed by atoms with Gasteiger partial charge in [-0.15, -0.1) is 11.3 Å². The molecule has 3 heterocycles. The summed E-state index contributed by atoms with van der Waals surface area (Å²) in [4.78, 5) is 30.9. The molecule has 1 fully saturated rings. The van der Waals surface area contributed by atoms with Crippen LogP contribution < -0.4 is 5.32 Å². The lowest BCUT2D eigenvalue weighted by atomic mass is 9.97. The Hall–Kier alpha value is -2.22. The van der Waals surface area contributed by atoms with E-state index in [4.69, 9.17) is 4.52 Å². The van der Waals surface area contributed by atoms with Gasteiger partial charge in [0.25, 0.3) is 0 Å². The number of thiophene rings is 1. The molecule has 1 unspecified atom stereocenters. The predicted octanol–water partition coefficient (Wildman–Crippen LogP) is 1.60. The van der Waals surface area contributed by atoms with E-state index >= 15 is 0 Å². The van der Waals surface area contributed by atoms with Gasteiger partial charge in [-0.2, -0.15) is 4.98 Å². The van der Waals surface area contributed by atoms with E-state index in [9.17, 15) is 9.59 Å². The van der Waals surface area contributed by atoms with Gasteiger partial charge >= 0.3 is 0 Å². The summed E-state index contributed by atoms with van der Waals surface area (Å²) in [5, 5.41) is 8.77. The third-order valence-electron chi connectivity index (χ3n) is 4.07. The Labute approximate surface area is 144 Å². The van der Waals surface area contributed by atoms with Crippen LogP contribution in [-0.2, 0) is 22.6 Å². The number of hydrogen-bond donors (Lipinski definition) is 1. The maximum Gasteiger partial charge on any atom is 0.246 e. The van der Waals surface area contributed by atoms with Crippen LogP contribution in [0, 0.1) is 5.92 Å². The van der Waals surface area contributed by atoms with Gasteiger partial charge in [0, 0.05) is 31.3 Å². The van der Waals surface area contributed by atoms with E-state index in [0.717, 1.165) is 24.3 Å². The number of aromatic nitrogens is 2. The first-order chi connectivity index (χ1) is 11.6. The van der Waals surface area contributed by atoms with E-state index in [1.807, 2.05) is 17.5 Å². The van der Waals surface area contributed by atoms with Crippen molar-refractivity contribution in [2.24, 2.45) is 5.92 Å². The summed E-state index contributed by atoms with van der Waals surface area (Å²) in [6.45, 7) is 2.96. The molecule has 0 bridgehead atoms. The molecule has 24 heavy (non-hydrogen) atoms. The molecule has 0 aromatic carbocycles. The molecule has 8 heteroatoms. The van der Waals surface area contributed by atoms with Gasteiger partial charge in [0.15, 0.2) is 5.82 Å². The highest BCUT2D eigenvalue weighted by atomic mass is 32.1. The Bertz CT molecular complexity index is 698. The van der Waals surface area contributed by atoms with Crippen molar-refractivity contribution in [3.05, 3.63) is 34.1 Å². The minimum absolute atomic E-state index is 0.0163. The van der Waals surface area contributed by atoms with Crippen LogP contribution in [0.2, 0.25) is 0 Å². The second kappa shape index (κ2) is 7.57. The molecule has 1 atom stereocenters. The van der Waals surface area contributed by atoms with E-state index in [2.05, 4.69) is 15.5 Å². The van der Waals surface area contributed by atoms with Gasteiger partial charge in [-0.25, -0.2) is 0 Å². The number of amides is 2. The van der Waals surface area contributed by atoms with Crippen LogP contribution in [0.15, 0.2) is 22.0 Å². The molecule has 0 saturated carbocycles. The van der Waals surface area contributed by atoms with E-state index in [0.29, 0.717) is 24.7 Å². The Morgan fingerprint density at radius 3 is 3.12 bits per heavy atom. The number of carbonyl (C=O) groups is 2. The monoisotopic (exact) mass is 348 g/mol. The fourth-order valence-electron chi connectivity index (χ4n) is 2.79. The van der Waals surface area contributed by atoms with Crippen molar-refractivity contribution in [2.45, 2.75) is 32.7 Å². The van der Waals surface area contributed by atoms with Crippen LogP contribution in [0.3, 0.4) is 0 Å². The van der Waals surface area contributed by atoms with Gasteiger partial charge in [0.2, 0.25) is 17.7 Å². The summed E-state index contributed by atoms with van der Waals surface area (Å²) in [5.41, 5.74) is 0. The molecule has 7 nitrogen and oxygen atoms in total. The van der Waals surface area contributed by atoms with Crippen molar-refractivity contribution >= 4 is 23.2 Å². The summed E-state index contributed by atoms with van der Waals surface area (Å²) in [6.07, 6.45) is 2.28. The van der Waals surface area contributed by atoms with Crippen LogP contribution in [0.4, 0.5) is 0 Å². The second-order valence-electron chi connectivity index (χ2n) is 5.88. The van der Waals surface area contributed by atoms with Gasteiger partial charge in [-0.05, 0) is 24.3 Å². The molecule has 0 aliphatic carbocycles. The van der Waals surface area contributed by atoms with Crippen LogP contribution in [0.25, 0.3) is 0 Å². The van der Waals surface area contributed by atoms with Crippen molar-refractivity contribution in [3.63, 3.8) is 0 Å². The summed E-state index contributed by atoms with van der Waals surface area (Å²) >= 11 is 1.64. The largest absolute Gasteiger partial charge is 0.347 e. The second-order valence-corrected chi connectivity index (χ2v) is 6.91. The zero-order valence-electron chi connectivity index (χ0n) is 13.5. The first-order valence-corrected chi connectivity index (χ1v) is 8.87. The normalized spacial score (nSPS) is 17.7. The molecule has 1 N–H and O–H groups in total. The maximum atomic E-state index is 12.3. The lowest BCUT2D eigenvalue weighted by Gasteiger charge is -2.31. The van der Waals surface area contributed by atoms with Gasteiger partial charge < -0.3 is 14.7 Å². The van der Waals surface area contributed by atoms with Gasteiger partial charge in [0.1, 0.15) is 0 Å². The summed E-state index contributed by atoms with van der Waals surface area (Å²) in [6, 6.07) is 4.00. The highest BCUT2D eigenvalue weighted by Gasteiger charge is 2.27. The van der Waals surface area contributed by atoms with Gasteiger partial charge in [0.05, 0.1) is 12.5 Å². The Morgan fingerprint density at radius 2 is 2.38 bits per heavy atom. The molecule has 1 aliphatic rings. The topological polar surface area (TPSA) is 88.3 Å². The minimum Gasteiger partial charge on any atom is -0.347 e. The van der Waals surface area contributed by atoms with Gasteiger partial charge in [-0.3, -0.25) is 9.59 Å². The summed E-state index contributed by atoms with van der Waals surface area (Å²) in [5.74, 6) is 0.786. The number of rotatable bonds is 5. The highest BCUT2D eigenvalue weighted by Crippen LogP contribution is 2.17. The average molecular weight is 348 g/mol. The Morgan fingerprint density at radius 1 is 1.50 bits per heavy atom.